The molecule has 2 aromatic rings. The third kappa shape index (κ3) is 7.94. The molecule has 2 N–H and O–H groups in total. The quantitative estimate of drug-likeness (QED) is 0.499. The Balaban J connectivity index is 1.81. The Kier molecular flexibility index (Phi) is 8.53. The van der Waals surface area contributed by atoms with Crippen molar-refractivity contribution < 1.29 is 17.9 Å². The normalized spacial score (nSPS) is 12.0. The number of halogens is 3. The van der Waals surface area contributed by atoms with Crippen molar-refractivity contribution in [1.29, 1.82) is 0 Å². The molecule has 0 radical (unpaired) electrons. The summed E-state index contributed by atoms with van der Waals surface area (Å²) in [6, 6.07) is 13.6. The van der Waals surface area contributed by atoms with E-state index in [2.05, 4.69) is 50.4 Å². The fraction of sp³-hybridized carbons (Fsp3) is 0.409. The number of anilines is 1. The third-order valence-electron chi connectivity index (χ3n) is 4.53. The van der Waals surface area contributed by atoms with Crippen LogP contribution in [0.5, 0.6) is 0 Å². The monoisotopic (exact) mass is 422 g/mol. The minimum Gasteiger partial charge on any atom is -0.378 e. The number of benzene rings is 2. The second kappa shape index (κ2) is 10.9. The predicted octanol–water partition coefficient (Wildman–Crippen LogP) is 4.01. The molecule has 0 saturated heterocycles. The van der Waals surface area contributed by atoms with E-state index in [9.17, 15) is 13.2 Å². The minimum absolute atomic E-state index is 0.0671. The molecule has 0 aliphatic carbocycles. The Morgan fingerprint density at radius 3 is 2.20 bits per heavy atom. The molecule has 0 bridgehead atoms. The fourth-order valence-corrected chi connectivity index (χ4v) is 2.78. The zero-order chi connectivity index (χ0) is 22.1. The Labute approximate surface area is 176 Å². The molecule has 0 spiro atoms. The van der Waals surface area contributed by atoms with Crippen molar-refractivity contribution in [2.75, 3.05) is 32.6 Å². The molecule has 0 heterocycles. The van der Waals surface area contributed by atoms with Gasteiger partial charge in [0.2, 0.25) is 0 Å². The van der Waals surface area contributed by atoms with E-state index in [1.165, 1.54) is 11.1 Å². The van der Waals surface area contributed by atoms with Crippen LogP contribution in [0.4, 0.5) is 18.9 Å². The van der Waals surface area contributed by atoms with Gasteiger partial charge in [-0.2, -0.15) is 13.2 Å². The highest BCUT2D eigenvalue weighted by atomic mass is 19.4. The maximum Gasteiger partial charge on any atom is 0.411 e. The number of ether oxygens (including phenoxy) is 1. The second-order valence-electron chi connectivity index (χ2n) is 7.21. The zero-order valence-electron chi connectivity index (χ0n) is 17.8. The van der Waals surface area contributed by atoms with Crippen molar-refractivity contribution in [3.8, 4) is 0 Å². The van der Waals surface area contributed by atoms with Gasteiger partial charge in [0.05, 0.1) is 6.61 Å². The minimum atomic E-state index is -4.31. The van der Waals surface area contributed by atoms with Crippen LogP contribution in [0.25, 0.3) is 0 Å². The van der Waals surface area contributed by atoms with E-state index in [-0.39, 0.29) is 6.61 Å². The molecule has 2 rings (SSSR count). The van der Waals surface area contributed by atoms with Crippen LogP contribution in [-0.4, -0.2) is 39.9 Å². The van der Waals surface area contributed by atoms with Gasteiger partial charge >= 0.3 is 6.18 Å². The van der Waals surface area contributed by atoms with Gasteiger partial charge in [-0.05, 0) is 41.3 Å². The van der Waals surface area contributed by atoms with E-state index in [4.69, 9.17) is 0 Å². The lowest BCUT2D eigenvalue weighted by Gasteiger charge is -2.16. The molecule has 30 heavy (non-hydrogen) atoms. The summed E-state index contributed by atoms with van der Waals surface area (Å²) >= 11 is 0. The smallest absolute Gasteiger partial charge is 0.378 e. The van der Waals surface area contributed by atoms with Crippen molar-refractivity contribution in [1.82, 2.24) is 10.6 Å². The van der Waals surface area contributed by atoms with E-state index in [0.29, 0.717) is 24.6 Å². The number of alkyl halides is 3. The van der Waals surface area contributed by atoms with Crippen LogP contribution in [0, 0.1) is 6.92 Å². The van der Waals surface area contributed by atoms with E-state index >= 15 is 0 Å². The Morgan fingerprint density at radius 1 is 1.00 bits per heavy atom. The molecule has 0 amide bonds. The van der Waals surface area contributed by atoms with Crippen molar-refractivity contribution in [3.63, 3.8) is 0 Å². The molecule has 0 aliphatic rings. The van der Waals surface area contributed by atoms with Crippen LogP contribution in [0.3, 0.4) is 0 Å². The number of aliphatic imine (C=N–C) groups is 1. The lowest BCUT2D eigenvalue weighted by molar-refractivity contribution is -0.176. The van der Waals surface area contributed by atoms with Crippen LogP contribution in [0.2, 0.25) is 0 Å². The van der Waals surface area contributed by atoms with Gasteiger partial charge in [-0.15, -0.1) is 0 Å². The second-order valence-corrected chi connectivity index (χ2v) is 7.21. The van der Waals surface area contributed by atoms with Crippen molar-refractivity contribution in [2.45, 2.75) is 32.8 Å². The number of nitrogens with zero attached hydrogens (tertiary/aromatic N) is 2. The first kappa shape index (κ1) is 23.5. The summed E-state index contributed by atoms with van der Waals surface area (Å²) in [5.41, 5.74) is 5.23. The summed E-state index contributed by atoms with van der Waals surface area (Å²) in [6.45, 7) is 1.97. The van der Waals surface area contributed by atoms with Gasteiger partial charge < -0.3 is 20.3 Å². The first-order chi connectivity index (χ1) is 14.2. The average Bonchev–Trinajstić information content (AvgIpc) is 2.69. The van der Waals surface area contributed by atoms with E-state index in [0.717, 1.165) is 11.3 Å². The van der Waals surface area contributed by atoms with Gasteiger partial charge in [-0.1, -0.05) is 30.3 Å². The molecule has 0 saturated carbocycles. The first-order valence-electron chi connectivity index (χ1n) is 9.61. The predicted molar refractivity (Wildman–Crippen MR) is 115 cm³/mol. The topological polar surface area (TPSA) is 48.9 Å². The number of aryl methyl sites for hydroxylation is 1. The summed E-state index contributed by atoms with van der Waals surface area (Å²) < 4.78 is 41.0. The van der Waals surface area contributed by atoms with Crippen molar-refractivity contribution >= 4 is 11.6 Å². The first-order valence-corrected chi connectivity index (χ1v) is 9.61. The summed E-state index contributed by atoms with van der Waals surface area (Å²) in [6.07, 6.45) is -4.31. The molecule has 8 heteroatoms. The summed E-state index contributed by atoms with van der Waals surface area (Å²) in [5, 5.41) is 6.54. The highest BCUT2D eigenvalue weighted by Gasteiger charge is 2.27. The molecular formula is C22H29F3N4O. The molecule has 5 nitrogen and oxygen atoms in total. The summed E-state index contributed by atoms with van der Waals surface area (Å²) in [5.74, 6) is 0.670. The summed E-state index contributed by atoms with van der Waals surface area (Å²) in [4.78, 5) is 6.30. The zero-order valence-corrected chi connectivity index (χ0v) is 17.8. The number of guanidine groups is 1. The van der Waals surface area contributed by atoms with Gasteiger partial charge in [-0.3, -0.25) is 4.99 Å². The highest BCUT2D eigenvalue weighted by molar-refractivity contribution is 5.79. The lowest BCUT2D eigenvalue weighted by Crippen LogP contribution is -2.36. The number of rotatable bonds is 8. The molecule has 0 aliphatic heterocycles. The molecule has 0 aromatic heterocycles. The lowest BCUT2D eigenvalue weighted by atomic mass is 10.1. The van der Waals surface area contributed by atoms with Gasteiger partial charge in [0, 0.05) is 39.9 Å². The molecule has 2 aromatic carbocycles. The van der Waals surface area contributed by atoms with E-state index in [1.54, 1.807) is 19.2 Å². The van der Waals surface area contributed by atoms with Crippen LogP contribution in [0.15, 0.2) is 47.5 Å². The molecule has 0 fully saturated rings. The van der Waals surface area contributed by atoms with E-state index in [1.807, 2.05) is 26.2 Å². The molecule has 164 valence electrons. The van der Waals surface area contributed by atoms with Gasteiger partial charge in [0.15, 0.2) is 5.96 Å². The standard InChI is InChI=1S/C22H29F3N4O/c1-16-11-20(29(3)4)10-9-19(16)13-28-21(26-2)27-12-17-5-7-18(8-6-17)14-30-15-22(23,24)25/h5-11H,12-15H2,1-4H3,(H2,26,27,28). The third-order valence-corrected chi connectivity index (χ3v) is 4.53. The average molecular weight is 422 g/mol. The number of nitrogens with one attached hydrogen (secondary N) is 2. The Morgan fingerprint density at radius 2 is 1.63 bits per heavy atom. The fourth-order valence-electron chi connectivity index (χ4n) is 2.78. The van der Waals surface area contributed by atoms with E-state index < -0.39 is 12.8 Å². The van der Waals surface area contributed by atoms with Crippen LogP contribution in [0.1, 0.15) is 22.3 Å². The molecule has 0 unspecified atom stereocenters. The van der Waals surface area contributed by atoms with Crippen LogP contribution < -0.4 is 15.5 Å². The number of hydrogen-bond acceptors (Lipinski definition) is 3. The number of hydrogen-bond donors (Lipinski definition) is 2. The molecule has 0 atom stereocenters. The van der Waals surface area contributed by atoms with Gasteiger partial charge in [-0.25, -0.2) is 0 Å². The van der Waals surface area contributed by atoms with Crippen LogP contribution >= 0.6 is 0 Å². The van der Waals surface area contributed by atoms with Gasteiger partial charge in [0.25, 0.3) is 0 Å². The SMILES string of the molecule is CN=C(NCc1ccc(COCC(F)(F)F)cc1)NCc1ccc(N(C)C)cc1C. The van der Waals surface area contributed by atoms with Crippen molar-refractivity contribution in [3.05, 3.63) is 64.7 Å². The molecular weight excluding hydrogens is 393 g/mol. The van der Waals surface area contributed by atoms with Crippen molar-refractivity contribution in [2.24, 2.45) is 4.99 Å². The maximum atomic E-state index is 12.1. The van der Waals surface area contributed by atoms with Gasteiger partial charge in [0.1, 0.15) is 6.61 Å². The highest BCUT2D eigenvalue weighted by Crippen LogP contribution is 2.17. The Bertz CT molecular complexity index is 833. The Hall–Kier alpha value is -2.74. The van der Waals surface area contributed by atoms with Crippen LogP contribution in [-0.2, 0) is 24.4 Å². The summed E-state index contributed by atoms with van der Waals surface area (Å²) in [7, 11) is 5.74. The largest absolute Gasteiger partial charge is 0.411 e. The maximum absolute atomic E-state index is 12.1.